The molecule has 1 heterocycles. The molecule has 1 aliphatic heterocycles. The minimum Gasteiger partial charge on any atom is -0.429 e. The average molecular weight is 650 g/mol. The summed E-state index contributed by atoms with van der Waals surface area (Å²) < 4.78 is 147. The summed E-state index contributed by atoms with van der Waals surface area (Å²) in [6.45, 7) is 2.75. The summed E-state index contributed by atoms with van der Waals surface area (Å²) >= 11 is 0. The molecule has 242 valence electrons. The Balaban J connectivity index is 1.41. The molecule has 3 aromatic carbocycles. The lowest BCUT2D eigenvalue weighted by atomic mass is 10.0. The molecular weight excluding hydrogens is 627 g/mol. The van der Waals surface area contributed by atoms with E-state index in [9.17, 15) is 44.3 Å². The van der Waals surface area contributed by atoms with Crippen LogP contribution in [0.5, 0.6) is 17.2 Å². The van der Waals surface area contributed by atoms with Crippen LogP contribution < -0.4 is 14.2 Å². The Hall–Kier alpha value is -4.24. The Morgan fingerprint density at radius 3 is 1.93 bits per heavy atom. The Morgan fingerprint density at radius 2 is 1.40 bits per heavy atom. The second kappa shape index (κ2) is 13.8. The lowest BCUT2D eigenvalue weighted by Gasteiger charge is -2.29. The molecule has 4 rings (SSSR count). The van der Waals surface area contributed by atoms with Gasteiger partial charge in [0.05, 0.1) is 18.8 Å². The van der Waals surface area contributed by atoms with Crippen LogP contribution in [-0.2, 0) is 15.6 Å². The van der Waals surface area contributed by atoms with E-state index in [1.807, 2.05) is 19.1 Å². The van der Waals surface area contributed by atoms with E-state index in [1.54, 1.807) is 0 Å². The zero-order valence-electron chi connectivity index (χ0n) is 23.1. The molecule has 0 radical (unpaired) electrons. The van der Waals surface area contributed by atoms with Crippen molar-refractivity contribution in [3.8, 4) is 17.2 Å². The highest BCUT2D eigenvalue weighted by atomic mass is 19.4. The molecule has 15 heteroatoms. The lowest BCUT2D eigenvalue weighted by Crippen LogP contribution is -2.27. The standard InChI is InChI=1S/C30H23F9O6/c1-2-3-4-5-16-14-41-28(42-15-16)17-6-8-18(9-7-17)29(35,36)44-20-12-21(31)25(22(32)13-20)27(40)43-19-10-23(33)26(24(34)11-19)45-30(37,38)39/h2-3,6-13,16,28H,4-5,14-15H2,1H3/b3-2+. The minimum absolute atomic E-state index is 0.0941. The number of halogens is 9. The van der Waals surface area contributed by atoms with Gasteiger partial charge in [0.15, 0.2) is 17.9 Å². The van der Waals surface area contributed by atoms with Crippen molar-refractivity contribution in [3.05, 3.63) is 101 Å². The van der Waals surface area contributed by atoms with E-state index >= 15 is 0 Å². The summed E-state index contributed by atoms with van der Waals surface area (Å²) in [7, 11) is 0. The number of hydrogen-bond acceptors (Lipinski definition) is 6. The predicted molar refractivity (Wildman–Crippen MR) is 138 cm³/mol. The molecule has 0 bridgehead atoms. The van der Waals surface area contributed by atoms with Gasteiger partial charge in [-0.15, -0.1) is 13.2 Å². The van der Waals surface area contributed by atoms with E-state index in [0.29, 0.717) is 18.8 Å². The normalized spacial score (nSPS) is 17.4. The monoisotopic (exact) mass is 650 g/mol. The van der Waals surface area contributed by atoms with Gasteiger partial charge in [-0.3, -0.25) is 0 Å². The Bertz CT molecular complexity index is 1490. The number of hydrogen-bond donors (Lipinski definition) is 0. The number of ether oxygens (including phenoxy) is 5. The number of benzene rings is 3. The number of carbonyl (C=O) groups excluding carboxylic acids is 1. The first-order chi connectivity index (χ1) is 21.2. The van der Waals surface area contributed by atoms with Crippen molar-refractivity contribution in [1.82, 2.24) is 0 Å². The van der Waals surface area contributed by atoms with Crippen molar-refractivity contribution >= 4 is 5.97 Å². The Labute approximate surface area is 249 Å². The summed E-state index contributed by atoms with van der Waals surface area (Å²) in [6.07, 6.45) is -4.64. The second-order valence-electron chi connectivity index (χ2n) is 9.67. The third kappa shape index (κ3) is 8.69. The first kappa shape index (κ1) is 33.6. The number of rotatable bonds is 10. The summed E-state index contributed by atoms with van der Waals surface area (Å²) in [6, 6.07) is 5.29. The fraction of sp³-hybridized carbons (Fsp3) is 0.300. The quantitative estimate of drug-likeness (QED) is 0.0950. The first-order valence-electron chi connectivity index (χ1n) is 13.1. The van der Waals surface area contributed by atoms with Crippen molar-refractivity contribution < 1.29 is 68.0 Å². The lowest BCUT2D eigenvalue weighted by molar-refractivity contribution is -0.276. The molecule has 1 fully saturated rings. The smallest absolute Gasteiger partial charge is 0.429 e. The summed E-state index contributed by atoms with van der Waals surface area (Å²) in [5.74, 6) is -13.1. The van der Waals surface area contributed by atoms with E-state index in [0.717, 1.165) is 25.0 Å². The van der Waals surface area contributed by atoms with Gasteiger partial charge < -0.3 is 23.7 Å². The van der Waals surface area contributed by atoms with E-state index in [1.165, 1.54) is 12.1 Å². The fourth-order valence-corrected chi connectivity index (χ4v) is 4.21. The SMILES string of the molecule is C/C=C/CCC1COC(c2ccc(C(F)(F)Oc3cc(F)c(C(=O)Oc4cc(F)c(OC(F)(F)F)c(F)c4)c(F)c3)cc2)OC1. The van der Waals surface area contributed by atoms with Gasteiger partial charge in [0.25, 0.3) is 0 Å². The van der Waals surface area contributed by atoms with Crippen molar-refractivity contribution in [2.75, 3.05) is 13.2 Å². The maximum Gasteiger partial charge on any atom is 0.573 e. The average Bonchev–Trinajstić information content (AvgIpc) is 2.94. The third-order valence-electron chi connectivity index (χ3n) is 6.33. The summed E-state index contributed by atoms with van der Waals surface area (Å²) in [5, 5.41) is 0. The molecule has 0 spiro atoms. The molecule has 0 N–H and O–H groups in total. The van der Waals surface area contributed by atoms with Gasteiger partial charge in [0.2, 0.25) is 5.75 Å². The predicted octanol–water partition coefficient (Wildman–Crippen LogP) is 8.51. The number of carbonyl (C=O) groups is 1. The van der Waals surface area contributed by atoms with Crippen LogP contribution in [0, 0.1) is 29.2 Å². The van der Waals surface area contributed by atoms with Crippen molar-refractivity contribution in [2.24, 2.45) is 5.92 Å². The van der Waals surface area contributed by atoms with Gasteiger partial charge in [-0.1, -0.05) is 24.3 Å². The van der Waals surface area contributed by atoms with Gasteiger partial charge in [-0.25, -0.2) is 22.4 Å². The molecule has 3 aromatic rings. The van der Waals surface area contributed by atoms with E-state index in [2.05, 4.69) is 14.2 Å². The van der Waals surface area contributed by atoms with Crippen LogP contribution in [0.1, 0.15) is 47.5 Å². The molecule has 0 atom stereocenters. The molecule has 0 saturated carbocycles. The number of esters is 1. The van der Waals surface area contributed by atoms with E-state index in [-0.39, 0.29) is 30.2 Å². The van der Waals surface area contributed by atoms with Crippen molar-refractivity contribution in [2.45, 2.75) is 38.5 Å². The van der Waals surface area contributed by atoms with Crippen LogP contribution in [0.15, 0.2) is 60.7 Å². The summed E-state index contributed by atoms with van der Waals surface area (Å²) in [5.41, 5.74) is -1.72. The van der Waals surface area contributed by atoms with Crippen molar-refractivity contribution in [1.29, 1.82) is 0 Å². The molecule has 0 aromatic heterocycles. The minimum atomic E-state index is -5.45. The Morgan fingerprint density at radius 1 is 0.844 bits per heavy atom. The highest BCUT2D eigenvalue weighted by molar-refractivity contribution is 5.91. The van der Waals surface area contributed by atoms with Crippen LogP contribution in [-0.4, -0.2) is 25.5 Å². The Kier molecular flexibility index (Phi) is 10.3. The van der Waals surface area contributed by atoms with Crippen molar-refractivity contribution in [3.63, 3.8) is 0 Å². The third-order valence-corrected chi connectivity index (χ3v) is 6.33. The highest BCUT2D eigenvalue weighted by Crippen LogP contribution is 2.36. The molecule has 45 heavy (non-hydrogen) atoms. The maximum atomic E-state index is 14.9. The molecule has 0 amide bonds. The highest BCUT2D eigenvalue weighted by Gasteiger charge is 2.37. The topological polar surface area (TPSA) is 63.2 Å². The molecule has 6 nitrogen and oxygen atoms in total. The van der Waals surface area contributed by atoms with E-state index < -0.39 is 76.4 Å². The number of allylic oxidation sites excluding steroid dienone is 2. The molecule has 0 aliphatic carbocycles. The largest absolute Gasteiger partial charge is 0.573 e. The van der Waals surface area contributed by atoms with Gasteiger partial charge in [-0.05, 0) is 31.9 Å². The van der Waals surface area contributed by atoms with Crippen LogP contribution in [0.25, 0.3) is 0 Å². The molecule has 1 saturated heterocycles. The zero-order chi connectivity index (χ0) is 32.9. The van der Waals surface area contributed by atoms with Gasteiger partial charge >= 0.3 is 18.4 Å². The maximum absolute atomic E-state index is 14.9. The summed E-state index contributed by atoms with van der Waals surface area (Å²) in [4.78, 5) is 12.3. The molecule has 1 aliphatic rings. The molecule has 0 unspecified atom stereocenters. The molecular formula is C30H23F9O6. The van der Waals surface area contributed by atoms with Crippen LogP contribution >= 0.6 is 0 Å². The van der Waals surface area contributed by atoms with Gasteiger partial charge in [0.1, 0.15) is 28.7 Å². The van der Waals surface area contributed by atoms with Gasteiger partial charge in [0, 0.05) is 35.7 Å². The number of alkyl halides is 5. The van der Waals surface area contributed by atoms with E-state index in [4.69, 9.17) is 9.47 Å². The second-order valence-corrected chi connectivity index (χ2v) is 9.67. The van der Waals surface area contributed by atoms with Gasteiger partial charge in [-0.2, -0.15) is 8.78 Å². The first-order valence-corrected chi connectivity index (χ1v) is 13.1. The van der Waals surface area contributed by atoms with Crippen LogP contribution in [0.2, 0.25) is 0 Å². The zero-order valence-corrected chi connectivity index (χ0v) is 23.1. The van der Waals surface area contributed by atoms with Crippen LogP contribution in [0.4, 0.5) is 39.5 Å². The van der Waals surface area contributed by atoms with Crippen LogP contribution in [0.3, 0.4) is 0 Å². The fourth-order valence-electron chi connectivity index (χ4n) is 4.21.